The van der Waals surface area contributed by atoms with Crippen molar-refractivity contribution in [3.8, 4) is 11.5 Å². The molecule has 6 nitrogen and oxygen atoms in total. The molecule has 0 aliphatic heterocycles. The monoisotopic (exact) mass is 463 g/mol. The van der Waals surface area contributed by atoms with E-state index in [1.807, 2.05) is 42.5 Å². The highest BCUT2D eigenvalue weighted by atomic mass is 35.5. The van der Waals surface area contributed by atoms with Gasteiger partial charge in [-0.05, 0) is 30.8 Å². The first-order chi connectivity index (χ1) is 14.6. The minimum absolute atomic E-state index is 0. The molecule has 0 aliphatic carbocycles. The molecule has 0 N–H and O–H groups in total. The van der Waals surface area contributed by atoms with Crippen molar-refractivity contribution in [2.45, 2.75) is 20.3 Å². The Morgan fingerprint density at radius 1 is 0.968 bits per heavy atom. The third-order valence-electron chi connectivity index (χ3n) is 5.16. The third-order valence-corrected chi connectivity index (χ3v) is 6.26. The van der Waals surface area contributed by atoms with Crippen molar-refractivity contribution in [2.24, 2.45) is 0 Å². The van der Waals surface area contributed by atoms with Crippen LogP contribution in [0.5, 0.6) is 11.5 Å². The van der Waals surface area contributed by atoms with Crippen LogP contribution in [0.2, 0.25) is 0 Å². The molecule has 0 fully saturated rings. The largest absolute Gasteiger partial charge is 0.495 e. The van der Waals surface area contributed by atoms with Crippen LogP contribution in [0, 0.1) is 0 Å². The minimum atomic E-state index is 0. The zero-order valence-corrected chi connectivity index (χ0v) is 20.1. The fraction of sp³-hybridized carbons (Fsp3) is 0.391. The van der Waals surface area contributed by atoms with E-state index < -0.39 is 0 Å². The van der Waals surface area contributed by atoms with Crippen LogP contribution in [0.3, 0.4) is 0 Å². The van der Waals surface area contributed by atoms with Gasteiger partial charge in [0.2, 0.25) is 5.91 Å². The molecule has 1 heterocycles. The van der Waals surface area contributed by atoms with Gasteiger partial charge in [0.25, 0.3) is 0 Å². The number of carbonyl (C=O) groups excluding carboxylic acids is 1. The van der Waals surface area contributed by atoms with E-state index in [-0.39, 0.29) is 18.3 Å². The van der Waals surface area contributed by atoms with Crippen LogP contribution in [-0.2, 0) is 11.2 Å². The number of fused-ring (bicyclic) bond motifs is 1. The Balaban J connectivity index is 0.00000341. The number of amides is 1. The van der Waals surface area contributed by atoms with Crippen molar-refractivity contribution in [3.05, 3.63) is 48.0 Å². The number of ether oxygens (including phenoxy) is 2. The molecule has 0 bridgehead atoms. The molecule has 8 heteroatoms. The molecule has 3 rings (SSSR count). The van der Waals surface area contributed by atoms with E-state index in [0.717, 1.165) is 41.2 Å². The molecule has 31 heavy (non-hydrogen) atoms. The molecule has 0 spiro atoms. The number of thiazole rings is 1. The Kier molecular flexibility index (Phi) is 9.55. The summed E-state index contributed by atoms with van der Waals surface area (Å²) in [6.45, 7) is 7.52. The lowest BCUT2D eigenvalue weighted by Gasteiger charge is -2.24. The van der Waals surface area contributed by atoms with Crippen LogP contribution >= 0.6 is 23.7 Å². The first-order valence-electron chi connectivity index (χ1n) is 10.2. The number of rotatable bonds is 10. The number of hydrogen-bond acceptors (Lipinski definition) is 6. The fourth-order valence-electron chi connectivity index (χ4n) is 3.36. The second-order valence-electron chi connectivity index (χ2n) is 6.88. The summed E-state index contributed by atoms with van der Waals surface area (Å²) < 4.78 is 11.9. The molecule has 2 aromatic carbocycles. The topological polar surface area (TPSA) is 54.9 Å². The highest BCUT2D eigenvalue weighted by Crippen LogP contribution is 2.40. The second-order valence-corrected chi connectivity index (χ2v) is 7.86. The number of hydrogen-bond donors (Lipinski definition) is 0. The molecule has 0 saturated heterocycles. The first-order valence-corrected chi connectivity index (χ1v) is 11.0. The molecule has 1 aromatic heterocycles. The van der Waals surface area contributed by atoms with Crippen molar-refractivity contribution in [2.75, 3.05) is 45.3 Å². The van der Waals surface area contributed by atoms with Crippen LogP contribution < -0.4 is 14.4 Å². The van der Waals surface area contributed by atoms with Crippen LogP contribution in [0.1, 0.15) is 19.4 Å². The summed E-state index contributed by atoms with van der Waals surface area (Å²) in [5.41, 5.74) is 1.71. The van der Waals surface area contributed by atoms with E-state index >= 15 is 0 Å². The number of benzene rings is 2. The molecular weight excluding hydrogens is 434 g/mol. The summed E-state index contributed by atoms with van der Waals surface area (Å²) in [6.07, 6.45) is 0.337. The Labute approximate surface area is 194 Å². The quantitative estimate of drug-likeness (QED) is 0.438. The van der Waals surface area contributed by atoms with Gasteiger partial charge >= 0.3 is 0 Å². The molecular formula is C23H30ClN3O3S. The third kappa shape index (κ3) is 5.87. The number of aromatic nitrogens is 1. The Hall–Kier alpha value is -2.35. The normalized spacial score (nSPS) is 10.7. The highest BCUT2D eigenvalue weighted by molar-refractivity contribution is 7.22. The van der Waals surface area contributed by atoms with Gasteiger partial charge in [0.1, 0.15) is 21.7 Å². The van der Waals surface area contributed by atoms with Crippen LogP contribution in [0.4, 0.5) is 5.13 Å². The lowest BCUT2D eigenvalue weighted by molar-refractivity contribution is -0.118. The van der Waals surface area contributed by atoms with Crippen molar-refractivity contribution >= 4 is 45.0 Å². The SMILES string of the molecule is CCN(CC)CCN(C(=O)Cc1ccccc1)c1nc2c(OC)ccc(OC)c2s1.Cl. The summed E-state index contributed by atoms with van der Waals surface area (Å²) in [4.78, 5) is 22.2. The van der Waals surface area contributed by atoms with Gasteiger partial charge in [-0.1, -0.05) is 55.5 Å². The first kappa shape index (κ1) is 24.9. The van der Waals surface area contributed by atoms with Gasteiger partial charge in [0.05, 0.1) is 20.6 Å². The van der Waals surface area contributed by atoms with Gasteiger partial charge in [-0.15, -0.1) is 12.4 Å². The Bertz CT molecular complexity index is 936. The van der Waals surface area contributed by atoms with Gasteiger partial charge in [-0.25, -0.2) is 4.98 Å². The molecule has 1 amide bonds. The second kappa shape index (κ2) is 11.9. The van der Waals surface area contributed by atoms with Crippen molar-refractivity contribution in [1.82, 2.24) is 9.88 Å². The number of likely N-dealkylation sites (N-methyl/N-ethyl adjacent to an activating group) is 1. The average Bonchev–Trinajstić information content (AvgIpc) is 3.21. The fourth-order valence-corrected chi connectivity index (χ4v) is 4.48. The zero-order valence-electron chi connectivity index (χ0n) is 18.5. The molecule has 0 unspecified atom stereocenters. The number of nitrogens with zero attached hydrogens (tertiary/aromatic N) is 3. The molecule has 0 radical (unpaired) electrons. The summed E-state index contributed by atoms with van der Waals surface area (Å²) in [6, 6.07) is 13.5. The maximum Gasteiger partial charge on any atom is 0.233 e. The Morgan fingerprint density at radius 3 is 2.23 bits per heavy atom. The molecule has 168 valence electrons. The Morgan fingerprint density at radius 2 is 1.61 bits per heavy atom. The smallest absolute Gasteiger partial charge is 0.233 e. The van der Waals surface area contributed by atoms with Gasteiger partial charge in [-0.3, -0.25) is 9.69 Å². The molecule has 0 atom stereocenters. The van der Waals surface area contributed by atoms with Crippen molar-refractivity contribution < 1.29 is 14.3 Å². The van der Waals surface area contributed by atoms with Gasteiger partial charge < -0.3 is 14.4 Å². The van der Waals surface area contributed by atoms with Crippen LogP contribution in [0.15, 0.2) is 42.5 Å². The van der Waals surface area contributed by atoms with E-state index in [1.165, 1.54) is 11.3 Å². The average molecular weight is 464 g/mol. The van der Waals surface area contributed by atoms with Crippen LogP contribution in [0.25, 0.3) is 10.2 Å². The zero-order chi connectivity index (χ0) is 21.5. The lowest BCUT2D eigenvalue weighted by Crippen LogP contribution is -2.39. The van der Waals surface area contributed by atoms with E-state index in [0.29, 0.717) is 23.8 Å². The maximum absolute atomic E-state index is 13.3. The van der Waals surface area contributed by atoms with Crippen molar-refractivity contribution in [3.63, 3.8) is 0 Å². The molecule has 0 saturated carbocycles. The predicted molar refractivity (Wildman–Crippen MR) is 130 cm³/mol. The summed E-state index contributed by atoms with van der Waals surface area (Å²) in [5, 5.41) is 0.667. The van der Waals surface area contributed by atoms with Gasteiger partial charge in [0, 0.05) is 13.1 Å². The number of anilines is 1. The van der Waals surface area contributed by atoms with Gasteiger partial charge in [0.15, 0.2) is 5.13 Å². The molecule has 3 aromatic rings. The van der Waals surface area contributed by atoms with Crippen molar-refractivity contribution in [1.29, 1.82) is 0 Å². The molecule has 0 aliphatic rings. The summed E-state index contributed by atoms with van der Waals surface area (Å²) >= 11 is 1.46. The lowest BCUT2D eigenvalue weighted by atomic mass is 10.1. The van der Waals surface area contributed by atoms with E-state index in [9.17, 15) is 4.79 Å². The summed E-state index contributed by atoms with van der Waals surface area (Å²) in [5.74, 6) is 1.44. The number of methoxy groups -OCH3 is 2. The van der Waals surface area contributed by atoms with E-state index in [1.54, 1.807) is 19.1 Å². The van der Waals surface area contributed by atoms with Crippen LogP contribution in [-0.4, -0.2) is 56.2 Å². The van der Waals surface area contributed by atoms with Gasteiger partial charge in [-0.2, -0.15) is 0 Å². The minimum Gasteiger partial charge on any atom is -0.495 e. The maximum atomic E-state index is 13.3. The highest BCUT2D eigenvalue weighted by Gasteiger charge is 2.23. The number of halogens is 1. The predicted octanol–water partition coefficient (Wildman–Crippen LogP) is 4.65. The standard InChI is InChI=1S/C23H29N3O3S.ClH/c1-5-25(6-2)14-15-26(20(27)16-17-10-8-7-9-11-17)23-24-21-18(28-3)12-13-19(29-4)22(21)30-23;/h7-13H,5-6,14-16H2,1-4H3;1H. The van der Waals surface area contributed by atoms with E-state index in [2.05, 4.69) is 18.7 Å². The summed E-state index contributed by atoms with van der Waals surface area (Å²) in [7, 11) is 3.26. The number of carbonyl (C=O) groups is 1. The van der Waals surface area contributed by atoms with E-state index in [4.69, 9.17) is 14.5 Å².